The van der Waals surface area contributed by atoms with Crippen molar-refractivity contribution in [1.29, 1.82) is 0 Å². The molecule has 28 nitrogen and oxygen atoms in total. The quantitative estimate of drug-likeness (QED) is 0.0629. The highest BCUT2D eigenvalue weighted by atomic mass is 16.5. The fourth-order valence-electron chi connectivity index (χ4n) is 11.5. The largest absolute Gasteiger partial charge is 0.394 e. The molecule has 0 aromatic carbocycles. The molecule has 0 saturated carbocycles. The van der Waals surface area contributed by atoms with E-state index in [4.69, 9.17) is 4.74 Å². The summed E-state index contributed by atoms with van der Waals surface area (Å²) in [4.78, 5) is 170. The molecule has 0 aromatic heterocycles. The monoisotopic (exact) mass is 1360 g/mol. The van der Waals surface area contributed by atoms with Crippen LogP contribution in [0.5, 0.6) is 0 Å². The maximum Gasteiger partial charge on any atom is 0.246 e. The molecule has 0 aliphatic carbocycles. The van der Waals surface area contributed by atoms with Gasteiger partial charge in [-0.1, -0.05) is 107 Å². The molecule has 13 atom stereocenters. The number of likely N-dealkylation sites (N-methyl/N-ethyl adjacent to an activating group) is 7. The number of ether oxygens (including phenoxy) is 1. The van der Waals surface area contributed by atoms with E-state index in [1.165, 1.54) is 89.7 Å². The molecule has 0 radical (unpaired) electrons. The highest BCUT2D eigenvalue weighted by molar-refractivity contribution is 5.99. The average molecular weight is 1360 g/mol. The number of aliphatic hydroxyl groups excluding tert-OH is 4. The van der Waals surface area contributed by atoms with Crippen molar-refractivity contribution in [3.8, 4) is 0 Å². The molecule has 11 amide bonds. The lowest BCUT2D eigenvalue weighted by Crippen LogP contribution is -2.63. The number of nitrogens with one attached hydrogen (secondary N) is 5. The SMILES string of the molecule is C/C=C/C[C@@H](C)[C@@H](O)[C@@H]1C(=O)N[C@@H](CC)C(=O)N(C)CC(=O)N(C)[C@@H]([C@@H](C)OC/C=C/CNC(CO)(CO)CO)C(=O)N[C@@H](C(C)C)C(=O)N(C)[C@@H](CC(C)C)C(=O)N[C@@H](C)C(=O)N[C@H](C)C(=O)N(C)[C@@H](CC(C)C)C(=O)N(C)[C@@H](CC(C)C)C(=O)N(C)[C@H](C(C)C)C(=O)N1C. The molecule has 9 N–H and O–H groups in total. The summed E-state index contributed by atoms with van der Waals surface area (Å²) in [5.41, 5.74) is -1.38. The van der Waals surface area contributed by atoms with Gasteiger partial charge in [-0.3, -0.25) is 52.7 Å². The normalized spacial score (nSPS) is 25.8. The third-order valence-corrected chi connectivity index (χ3v) is 17.9. The fraction of sp³-hybridized carbons (Fsp3) is 0.779. The van der Waals surface area contributed by atoms with Gasteiger partial charge in [-0.05, 0) is 95.3 Å². The summed E-state index contributed by atoms with van der Waals surface area (Å²) in [7, 11) is 9.61. The number of allylic oxidation sites excluding steroid dienone is 2. The molecular formula is C68H122N12O16. The van der Waals surface area contributed by atoms with Gasteiger partial charge >= 0.3 is 0 Å². The van der Waals surface area contributed by atoms with Crippen LogP contribution >= 0.6 is 0 Å². The lowest BCUT2D eigenvalue weighted by Gasteiger charge is -2.41. The van der Waals surface area contributed by atoms with Crippen molar-refractivity contribution in [3.63, 3.8) is 0 Å². The Morgan fingerprint density at radius 1 is 0.521 bits per heavy atom. The molecule has 28 heteroatoms. The van der Waals surface area contributed by atoms with Crippen LogP contribution in [0.4, 0.5) is 0 Å². The van der Waals surface area contributed by atoms with Crippen LogP contribution in [0, 0.1) is 35.5 Å². The minimum absolute atomic E-state index is 0.0450. The summed E-state index contributed by atoms with van der Waals surface area (Å²) in [6, 6.07) is -13.3. The topological polar surface area (TPSA) is 361 Å². The van der Waals surface area contributed by atoms with Gasteiger partial charge in [0.2, 0.25) is 65.0 Å². The molecule has 0 bridgehead atoms. The summed E-state index contributed by atoms with van der Waals surface area (Å²) in [5, 5.41) is 55.2. The molecule has 1 fully saturated rings. The van der Waals surface area contributed by atoms with Crippen LogP contribution < -0.4 is 26.6 Å². The van der Waals surface area contributed by atoms with Gasteiger partial charge in [0.25, 0.3) is 0 Å². The Morgan fingerprint density at radius 2 is 0.990 bits per heavy atom. The molecule has 550 valence electrons. The Bertz CT molecular complexity index is 2630. The van der Waals surface area contributed by atoms with Crippen molar-refractivity contribution in [2.24, 2.45) is 35.5 Å². The molecule has 96 heavy (non-hydrogen) atoms. The number of hydrogen-bond acceptors (Lipinski definition) is 17. The van der Waals surface area contributed by atoms with E-state index in [0.29, 0.717) is 0 Å². The Kier molecular flexibility index (Phi) is 37.3. The van der Waals surface area contributed by atoms with Crippen molar-refractivity contribution >= 4 is 65.0 Å². The molecule has 1 aliphatic heterocycles. The van der Waals surface area contributed by atoms with Gasteiger partial charge in [0.15, 0.2) is 0 Å². The predicted molar refractivity (Wildman–Crippen MR) is 366 cm³/mol. The molecule has 1 heterocycles. The van der Waals surface area contributed by atoms with Crippen molar-refractivity contribution in [3.05, 3.63) is 24.3 Å². The van der Waals surface area contributed by atoms with Crippen molar-refractivity contribution < 1.29 is 77.9 Å². The number of amides is 11. The summed E-state index contributed by atoms with van der Waals surface area (Å²) >= 11 is 0. The number of carbonyl (C=O) groups excluding carboxylic acids is 11. The molecular weight excluding hydrogens is 1240 g/mol. The standard InChI is InChI=1S/C68H122N12O16/c1-24-26-29-44(13)57(85)56-61(89)72-48(25-2)63(91)74(17)35-52(84)78(21)55(47(16)96-31-28-27-30-69-68(36-81,37-82)38-83)60(88)73-53(42(9)10)66(94)75(18)49(32-39(3)4)59(87)70-45(14)58(86)71-46(15)62(90)76(19)50(33-40(5)6)64(92)77(20)51(34-41(7)8)65(93)79(22)54(43(11)12)67(95)80(56)23/h24,26-28,39-51,53-57,69,81-83,85H,25,29-38H2,1-23H3,(H,70,87)(H,71,86)(H,72,89)(H,73,88)/b26-24+,28-27+/t44-,45+,46-,47-,48+,49+,50+,51+,53+,54-,55+,56-,57-/m1/s1. The number of aliphatic hydroxyl groups is 4. The summed E-state index contributed by atoms with van der Waals surface area (Å²) in [5.74, 6) is -10.7. The molecule has 0 spiro atoms. The van der Waals surface area contributed by atoms with E-state index in [2.05, 4.69) is 26.6 Å². The van der Waals surface area contributed by atoms with Gasteiger partial charge in [-0.15, -0.1) is 0 Å². The van der Waals surface area contributed by atoms with Gasteiger partial charge in [-0.25, -0.2) is 0 Å². The van der Waals surface area contributed by atoms with E-state index in [-0.39, 0.29) is 63.0 Å². The molecule has 1 saturated heterocycles. The van der Waals surface area contributed by atoms with Gasteiger partial charge in [0.1, 0.15) is 60.4 Å². The molecule has 0 aromatic rings. The minimum Gasteiger partial charge on any atom is -0.394 e. The average Bonchev–Trinajstić information content (AvgIpc) is 0.807. The molecule has 0 unspecified atom stereocenters. The first-order valence-corrected chi connectivity index (χ1v) is 33.8. The van der Waals surface area contributed by atoms with Gasteiger partial charge in [0, 0.05) is 55.9 Å². The van der Waals surface area contributed by atoms with Crippen LogP contribution in [0.2, 0.25) is 0 Å². The van der Waals surface area contributed by atoms with Crippen molar-refractivity contribution in [1.82, 2.24) is 60.9 Å². The predicted octanol–water partition coefficient (Wildman–Crippen LogP) is 0.489. The highest BCUT2D eigenvalue weighted by Gasteiger charge is 2.46. The number of nitrogens with zero attached hydrogens (tertiary/aromatic N) is 7. The zero-order chi connectivity index (χ0) is 74.1. The lowest BCUT2D eigenvalue weighted by atomic mass is 9.91. The maximum atomic E-state index is 15.2. The Morgan fingerprint density at radius 3 is 1.47 bits per heavy atom. The van der Waals surface area contributed by atoms with Crippen LogP contribution in [0.1, 0.15) is 143 Å². The molecule has 1 rings (SSSR count). The van der Waals surface area contributed by atoms with E-state index in [0.717, 1.165) is 14.7 Å². The lowest BCUT2D eigenvalue weighted by molar-refractivity contribution is -0.157. The highest BCUT2D eigenvalue weighted by Crippen LogP contribution is 2.26. The summed E-state index contributed by atoms with van der Waals surface area (Å²) < 4.78 is 6.12. The fourth-order valence-corrected chi connectivity index (χ4v) is 11.5. The van der Waals surface area contributed by atoms with Gasteiger partial charge < -0.3 is 86.0 Å². The smallest absolute Gasteiger partial charge is 0.246 e. The third kappa shape index (κ3) is 24.7. The number of carbonyl (C=O) groups is 11. The summed E-state index contributed by atoms with van der Waals surface area (Å²) in [6.07, 6.45) is 4.55. The van der Waals surface area contributed by atoms with Crippen LogP contribution in [0.3, 0.4) is 0 Å². The Balaban J connectivity index is 4.40. The van der Waals surface area contributed by atoms with E-state index < -0.39 is 187 Å². The second-order valence-electron chi connectivity index (χ2n) is 28.0. The Hall–Kier alpha value is -6.59. The van der Waals surface area contributed by atoms with Crippen molar-refractivity contribution in [2.45, 2.75) is 221 Å². The number of hydrogen-bond donors (Lipinski definition) is 9. The molecule has 1 aliphatic rings. The van der Waals surface area contributed by atoms with E-state index >= 15 is 14.4 Å². The zero-order valence-corrected chi connectivity index (χ0v) is 61.8. The van der Waals surface area contributed by atoms with Gasteiger partial charge in [0.05, 0.1) is 50.7 Å². The van der Waals surface area contributed by atoms with Gasteiger partial charge in [-0.2, -0.15) is 0 Å². The second kappa shape index (κ2) is 41.0. The van der Waals surface area contributed by atoms with E-state index in [9.17, 15) is 58.8 Å². The summed E-state index contributed by atoms with van der Waals surface area (Å²) in [6.45, 7) is 24.8. The van der Waals surface area contributed by atoms with Crippen LogP contribution in [-0.4, -0.2) is 287 Å². The van der Waals surface area contributed by atoms with Crippen LogP contribution in [0.25, 0.3) is 0 Å². The van der Waals surface area contributed by atoms with E-state index in [1.54, 1.807) is 72.8 Å². The first-order valence-electron chi connectivity index (χ1n) is 33.8. The minimum atomic E-state index is -1.67. The van der Waals surface area contributed by atoms with Crippen molar-refractivity contribution in [2.75, 3.05) is 88.9 Å². The Labute approximate surface area is 571 Å². The van der Waals surface area contributed by atoms with Crippen LogP contribution in [-0.2, 0) is 57.5 Å². The van der Waals surface area contributed by atoms with E-state index in [1.807, 2.05) is 41.5 Å². The first-order chi connectivity index (χ1) is 44.6. The van der Waals surface area contributed by atoms with Crippen LogP contribution in [0.15, 0.2) is 24.3 Å². The number of rotatable bonds is 23. The third-order valence-electron chi connectivity index (χ3n) is 17.9. The second-order valence-corrected chi connectivity index (χ2v) is 28.0. The first kappa shape index (κ1) is 87.4. The maximum absolute atomic E-state index is 15.2. The zero-order valence-electron chi connectivity index (χ0n) is 61.8.